The van der Waals surface area contributed by atoms with Crippen molar-refractivity contribution in [3.63, 3.8) is 0 Å². The van der Waals surface area contributed by atoms with Gasteiger partial charge in [0.15, 0.2) is 0 Å². The van der Waals surface area contributed by atoms with Gasteiger partial charge < -0.3 is 10.6 Å². The first-order valence-electron chi connectivity index (χ1n) is 17.9. The van der Waals surface area contributed by atoms with E-state index in [2.05, 4.69) is 46.1 Å². The summed E-state index contributed by atoms with van der Waals surface area (Å²) in [7, 11) is -4.35. The van der Waals surface area contributed by atoms with Crippen molar-refractivity contribution in [3.8, 4) is 0 Å². The molecule has 49 heavy (non-hydrogen) atoms. The highest BCUT2D eigenvalue weighted by molar-refractivity contribution is 7.90. The number of rotatable bonds is 20. The molecule has 0 radical (unpaired) electrons. The van der Waals surface area contributed by atoms with Gasteiger partial charge in [0.1, 0.15) is 0 Å². The zero-order valence-electron chi connectivity index (χ0n) is 31.4. The summed E-state index contributed by atoms with van der Waals surface area (Å²) in [5.41, 5.74) is 4.25. The molecule has 9 nitrogen and oxygen atoms in total. The Morgan fingerprint density at radius 1 is 0.633 bits per heavy atom. The van der Waals surface area contributed by atoms with Crippen molar-refractivity contribution in [2.24, 2.45) is 0 Å². The van der Waals surface area contributed by atoms with Crippen LogP contribution in [0.2, 0.25) is 0 Å². The predicted octanol–water partition coefficient (Wildman–Crippen LogP) is 8.05. The van der Waals surface area contributed by atoms with Crippen LogP contribution < -0.4 is 20.1 Å². The highest BCUT2D eigenvalue weighted by Gasteiger charge is 2.28. The summed E-state index contributed by atoms with van der Waals surface area (Å²) < 4.78 is 40.1. The molecule has 0 aromatic heterocycles. The van der Waals surface area contributed by atoms with Crippen LogP contribution in [0.15, 0.2) is 48.5 Å². The molecule has 278 valence electrons. The second-order valence-electron chi connectivity index (χ2n) is 14.4. The smallest absolute Gasteiger partial charge is 0.224 e. The van der Waals surface area contributed by atoms with Crippen molar-refractivity contribution < 1.29 is 22.2 Å². The van der Waals surface area contributed by atoms with Crippen LogP contribution in [-0.2, 0) is 43.4 Å². The summed E-state index contributed by atoms with van der Waals surface area (Å²) in [4.78, 5) is 23.9. The van der Waals surface area contributed by atoms with E-state index >= 15 is 0 Å². The van der Waals surface area contributed by atoms with Crippen molar-refractivity contribution in [2.45, 2.75) is 142 Å². The average Bonchev–Trinajstić information content (AvgIpc) is 3.03. The summed E-state index contributed by atoms with van der Waals surface area (Å²) in [6.45, 7) is 16.2. The monoisotopic (exact) mass is 720 g/mol. The lowest BCUT2D eigenvalue weighted by Crippen LogP contribution is -2.39. The van der Waals surface area contributed by atoms with Gasteiger partial charge in [-0.05, 0) is 128 Å². The molecule has 0 saturated heterocycles. The zero-order chi connectivity index (χ0) is 36.9. The number of sulfonamides is 1. The van der Waals surface area contributed by atoms with Gasteiger partial charge >= 0.3 is 0 Å². The first-order valence-corrected chi connectivity index (χ1v) is 20.5. The fourth-order valence-electron chi connectivity index (χ4n) is 4.34. The largest absolute Gasteiger partial charge is 0.326 e. The molecule has 1 atom stereocenters. The van der Waals surface area contributed by atoms with Gasteiger partial charge in [0.2, 0.25) is 21.8 Å². The Labute approximate surface area is 300 Å². The number of benzene rings is 2. The van der Waals surface area contributed by atoms with Crippen molar-refractivity contribution in [1.82, 2.24) is 9.44 Å². The fraction of sp³-hybridized carbons (Fsp3) is 0.632. The molecule has 2 amide bonds. The van der Waals surface area contributed by atoms with Gasteiger partial charge in [0, 0.05) is 37.3 Å². The number of hydrogen-bond donors (Lipinski definition) is 4. The summed E-state index contributed by atoms with van der Waals surface area (Å²) >= 11 is 0. The minimum absolute atomic E-state index is 0.0354. The Morgan fingerprint density at radius 3 is 1.41 bits per heavy atom. The molecule has 0 aliphatic heterocycles. The molecule has 2 rings (SSSR count). The quantitative estimate of drug-likeness (QED) is 0.103. The molecule has 2 aromatic rings. The van der Waals surface area contributed by atoms with Crippen LogP contribution in [-0.4, -0.2) is 47.0 Å². The number of hydrogen-bond acceptors (Lipinski definition) is 5. The van der Waals surface area contributed by atoms with Crippen molar-refractivity contribution in [1.29, 1.82) is 0 Å². The molecule has 11 heteroatoms. The topological polar surface area (TPSA) is 133 Å². The summed E-state index contributed by atoms with van der Waals surface area (Å²) in [6, 6.07) is 16.1. The van der Waals surface area contributed by atoms with Gasteiger partial charge in [-0.1, -0.05) is 51.0 Å². The van der Waals surface area contributed by atoms with Gasteiger partial charge in [-0.2, -0.15) is 0 Å². The predicted molar refractivity (Wildman–Crippen MR) is 208 cm³/mol. The van der Waals surface area contributed by atoms with E-state index in [9.17, 15) is 22.2 Å². The van der Waals surface area contributed by atoms with Crippen LogP contribution in [0.4, 0.5) is 11.4 Å². The summed E-state index contributed by atoms with van der Waals surface area (Å²) in [5, 5.41) is 5.81. The highest BCUT2D eigenvalue weighted by Crippen LogP contribution is 2.15. The molecule has 4 N–H and O–H groups in total. The minimum atomic E-state index is -3.31. The summed E-state index contributed by atoms with van der Waals surface area (Å²) in [5.74, 6) is -0.00626. The number of unbranched alkanes of at least 4 members (excludes halogenated alkanes) is 4. The SMILES string of the molecule is CCCCc1ccc(NC(=O)CCCCNS(=O)(=O)C(C)(C)C)cc1.CCCCc1ccc(NC(=O)CCCCNS(=O)C(C)(C)C)cc1. The minimum Gasteiger partial charge on any atom is -0.326 e. The molecule has 0 saturated carbocycles. The molecule has 0 bridgehead atoms. The highest BCUT2D eigenvalue weighted by atomic mass is 32.2. The van der Waals surface area contributed by atoms with Crippen LogP contribution in [0.5, 0.6) is 0 Å². The number of carbonyl (C=O) groups is 2. The Balaban J connectivity index is 0.000000490. The third kappa shape index (κ3) is 20.0. The molecule has 0 spiro atoms. The number of carbonyl (C=O) groups excluding carboxylic acids is 2. The molecule has 0 fully saturated rings. The zero-order valence-corrected chi connectivity index (χ0v) is 33.0. The first kappa shape index (κ1) is 44.4. The molecular weight excluding hydrogens is 657 g/mol. The Bertz CT molecular complexity index is 1360. The van der Waals surface area contributed by atoms with E-state index in [1.807, 2.05) is 57.2 Å². The average molecular weight is 721 g/mol. The van der Waals surface area contributed by atoms with E-state index in [-0.39, 0.29) is 16.6 Å². The van der Waals surface area contributed by atoms with Crippen molar-refractivity contribution in [2.75, 3.05) is 23.7 Å². The van der Waals surface area contributed by atoms with Crippen molar-refractivity contribution in [3.05, 3.63) is 59.7 Å². The van der Waals surface area contributed by atoms with Gasteiger partial charge in [0.05, 0.1) is 20.5 Å². The third-order valence-corrected chi connectivity index (χ3v) is 11.4. The van der Waals surface area contributed by atoms with Gasteiger partial charge in [-0.15, -0.1) is 0 Å². The number of anilines is 2. The maximum atomic E-state index is 11.9. The van der Waals surface area contributed by atoms with Crippen LogP contribution in [0.3, 0.4) is 0 Å². The molecule has 0 heterocycles. The van der Waals surface area contributed by atoms with Crippen LogP contribution in [0.25, 0.3) is 0 Å². The molecule has 0 aliphatic rings. The maximum absolute atomic E-state index is 11.9. The Morgan fingerprint density at radius 2 is 1.04 bits per heavy atom. The number of nitrogens with one attached hydrogen (secondary N) is 4. The van der Waals surface area contributed by atoms with E-state index in [4.69, 9.17) is 0 Å². The van der Waals surface area contributed by atoms with Gasteiger partial charge in [-0.25, -0.2) is 22.1 Å². The van der Waals surface area contributed by atoms with Crippen LogP contribution in [0, 0.1) is 0 Å². The van der Waals surface area contributed by atoms with Crippen molar-refractivity contribution >= 4 is 44.2 Å². The lowest BCUT2D eigenvalue weighted by molar-refractivity contribution is -0.117. The van der Waals surface area contributed by atoms with E-state index in [1.54, 1.807) is 20.8 Å². The lowest BCUT2D eigenvalue weighted by atomic mass is 10.1. The van der Waals surface area contributed by atoms with Gasteiger partial charge in [-0.3, -0.25) is 9.59 Å². The molecule has 1 unspecified atom stereocenters. The normalized spacial score (nSPS) is 12.5. The Hall–Kier alpha value is -2.60. The number of aryl methyl sites for hydroxylation is 2. The lowest BCUT2D eigenvalue weighted by Gasteiger charge is -2.19. The van der Waals surface area contributed by atoms with Crippen LogP contribution >= 0.6 is 0 Å². The standard InChI is InChI=1S/C19H32N2O3S.C19H32N2O2S/c1-5-6-9-16-11-13-17(14-12-16)21-18(22)10-7-8-15-20-25(23,24)19(2,3)4;1-5-6-9-16-11-13-17(14-12-16)21-18(22)10-7-8-15-20-24(23)19(2,3)4/h11-14,20H,5-10,15H2,1-4H3,(H,21,22);11-14,20H,5-10,15H2,1-4H3,(H,21,22). The maximum Gasteiger partial charge on any atom is 0.224 e. The van der Waals surface area contributed by atoms with E-state index in [0.717, 1.165) is 37.1 Å². The van der Waals surface area contributed by atoms with Crippen LogP contribution in [0.1, 0.15) is 131 Å². The molecule has 2 aromatic carbocycles. The van der Waals surface area contributed by atoms with E-state index in [1.165, 1.54) is 36.8 Å². The molecule has 0 aliphatic carbocycles. The third-order valence-electron chi connectivity index (χ3n) is 7.66. The first-order chi connectivity index (χ1) is 23.0. The second kappa shape index (κ2) is 23.0. The number of amides is 2. The fourth-order valence-corrected chi connectivity index (χ4v) is 5.95. The molecular formula is C38H64N4O5S2. The second-order valence-corrected chi connectivity index (χ2v) is 19.0. The Kier molecular flexibility index (Phi) is 20.8. The van der Waals surface area contributed by atoms with E-state index < -0.39 is 25.8 Å². The van der Waals surface area contributed by atoms with E-state index in [0.29, 0.717) is 38.8 Å². The summed E-state index contributed by atoms with van der Waals surface area (Å²) in [6.07, 6.45) is 10.7. The van der Waals surface area contributed by atoms with Gasteiger partial charge in [0.25, 0.3) is 0 Å².